The standard InChI is InChI=1S/C26H22F3NO2/c1-17-12-13-18(15-24(17)26(27,28)29)7-6-14-30-25(31)32-16-23-21-10-4-2-8-19(21)20-9-3-5-11-22(20)23/h2-13,15,23H,14,16H2,1H3,(H,30,31). The highest BCUT2D eigenvalue weighted by molar-refractivity contribution is 5.79. The average Bonchev–Trinajstić information content (AvgIpc) is 3.09. The van der Waals surface area contributed by atoms with Crippen molar-refractivity contribution in [3.05, 3.63) is 101 Å². The Morgan fingerprint density at radius 3 is 2.25 bits per heavy atom. The number of carbonyl (C=O) groups is 1. The monoisotopic (exact) mass is 437 g/mol. The topological polar surface area (TPSA) is 38.3 Å². The minimum absolute atomic E-state index is 0.0305. The molecule has 0 atom stereocenters. The van der Waals surface area contributed by atoms with Crippen molar-refractivity contribution in [3.8, 4) is 11.1 Å². The van der Waals surface area contributed by atoms with E-state index in [1.807, 2.05) is 36.4 Å². The molecular formula is C26H22F3NO2. The summed E-state index contributed by atoms with van der Waals surface area (Å²) in [6.07, 6.45) is -1.84. The van der Waals surface area contributed by atoms with Gasteiger partial charge in [0.15, 0.2) is 0 Å². The molecule has 0 saturated heterocycles. The first-order valence-corrected chi connectivity index (χ1v) is 10.3. The molecule has 0 spiro atoms. The third-order valence-electron chi connectivity index (χ3n) is 5.59. The lowest BCUT2D eigenvalue weighted by Crippen LogP contribution is -2.26. The Morgan fingerprint density at radius 2 is 1.62 bits per heavy atom. The normalized spacial score (nSPS) is 13.1. The molecule has 0 heterocycles. The van der Waals surface area contributed by atoms with Crippen LogP contribution < -0.4 is 5.32 Å². The molecule has 1 amide bonds. The fourth-order valence-electron chi connectivity index (χ4n) is 4.04. The minimum Gasteiger partial charge on any atom is -0.449 e. The number of alkyl halides is 3. The maximum absolute atomic E-state index is 13.0. The van der Waals surface area contributed by atoms with Gasteiger partial charge in [-0.05, 0) is 46.4 Å². The zero-order valence-electron chi connectivity index (χ0n) is 17.4. The molecule has 0 fully saturated rings. The van der Waals surface area contributed by atoms with Crippen LogP contribution >= 0.6 is 0 Å². The molecular weight excluding hydrogens is 415 g/mol. The summed E-state index contributed by atoms with van der Waals surface area (Å²) in [5, 5.41) is 2.61. The van der Waals surface area contributed by atoms with Crippen LogP contribution in [0.15, 0.2) is 72.8 Å². The Bertz CT molecular complexity index is 1120. The maximum Gasteiger partial charge on any atom is 0.416 e. The van der Waals surface area contributed by atoms with E-state index >= 15 is 0 Å². The molecule has 0 saturated carbocycles. The van der Waals surface area contributed by atoms with Crippen LogP contribution in [0.4, 0.5) is 18.0 Å². The second kappa shape index (κ2) is 8.91. The third-order valence-corrected chi connectivity index (χ3v) is 5.59. The minimum atomic E-state index is -4.40. The van der Waals surface area contributed by atoms with Crippen molar-refractivity contribution in [3.63, 3.8) is 0 Å². The fourth-order valence-corrected chi connectivity index (χ4v) is 4.04. The van der Waals surface area contributed by atoms with E-state index in [2.05, 4.69) is 17.4 Å². The Morgan fingerprint density at radius 1 is 1.00 bits per heavy atom. The van der Waals surface area contributed by atoms with E-state index in [1.54, 1.807) is 18.2 Å². The molecule has 6 heteroatoms. The molecule has 4 rings (SSSR count). The Kier molecular flexibility index (Phi) is 6.04. The van der Waals surface area contributed by atoms with E-state index in [0.29, 0.717) is 5.56 Å². The van der Waals surface area contributed by atoms with Crippen molar-refractivity contribution < 1.29 is 22.7 Å². The van der Waals surface area contributed by atoms with Gasteiger partial charge >= 0.3 is 12.3 Å². The summed E-state index contributed by atoms with van der Waals surface area (Å²) < 4.78 is 44.5. The van der Waals surface area contributed by atoms with Gasteiger partial charge in [0.05, 0.1) is 5.56 Å². The number of hydrogen-bond acceptors (Lipinski definition) is 2. The first kappa shape index (κ1) is 21.7. The summed E-state index contributed by atoms with van der Waals surface area (Å²) in [4.78, 5) is 12.1. The molecule has 164 valence electrons. The van der Waals surface area contributed by atoms with Crippen molar-refractivity contribution >= 4 is 12.2 Å². The lowest BCUT2D eigenvalue weighted by atomic mass is 9.98. The van der Waals surface area contributed by atoms with Gasteiger partial charge < -0.3 is 10.1 Å². The van der Waals surface area contributed by atoms with Crippen molar-refractivity contribution in [1.29, 1.82) is 0 Å². The Hall–Kier alpha value is -3.54. The molecule has 3 nitrogen and oxygen atoms in total. The second-order valence-electron chi connectivity index (χ2n) is 7.68. The average molecular weight is 437 g/mol. The van der Waals surface area contributed by atoms with Crippen LogP contribution in [0.1, 0.15) is 33.7 Å². The number of nitrogens with one attached hydrogen (secondary N) is 1. The molecule has 0 aromatic heterocycles. The van der Waals surface area contributed by atoms with Crippen molar-refractivity contribution in [2.75, 3.05) is 13.2 Å². The van der Waals surface area contributed by atoms with E-state index in [9.17, 15) is 18.0 Å². The van der Waals surface area contributed by atoms with Crippen LogP contribution in [0.2, 0.25) is 0 Å². The highest BCUT2D eigenvalue weighted by Gasteiger charge is 2.32. The summed E-state index contributed by atoms with van der Waals surface area (Å²) >= 11 is 0. The predicted molar refractivity (Wildman–Crippen MR) is 118 cm³/mol. The summed E-state index contributed by atoms with van der Waals surface area (Å²) in [6, 6.07) is 20.3. The number of aryl methyl sites for hydroxylation is 1. The molecule has 1 N–H and O–H groups in total. The molecule has 0 radical (unpaired) electrons. The lowest BCUT2D eigenvalue weighted by Gasteiger charge is -2.14. The first-order chi connectivity index (χ1) is 15.3. The van der Waals surface area contributed by atoms with Crippen molar-refractivity contribution in [2.45, 2.75) is 19.0 Å². The van der Waals surface area contributed by atoms with Gasteiger partial charge in [0.25, 0.3) is 0 Å². The van der Waals surface area contributed by atoms with Crippen LogP contribution in [0.25, 0.3) is 17.2 Å². The number of fused-ring (bicyclic) bond motifs is 3. The van der Waals surface area contributed by atoms with Crippen LogP contribution in [0.3, 0.4) is 0 Å². The van der Waals surface area contributed by atoms with Crippen molar-refractivity contribution in [1.82, 2.24) is 5.32 Å². The number of alkyl carbamates (subject to hydrolysis) is 1. The highest BCUT2D eigenvalue weighted by atomic mass is 19.4. The van der Waals surface area contributed by atoms with Crippen LogP contribution in [0, 0.1) is 6.92 Å². The molecule has 1 aliphatic rings. The second-order valence-corrected chi connectivity index (χ2v) is 7.68. The third kappa shape index (κ3) is 4.54. The van der Waals surface area contributed by atoms with Gasteiger partial charge in [-0.1, -0.05) is 72.8 Å². The lowest BCUT2D eigenvalue weighted by molar-refractivity contribution is -0.138. The SMILES string of the molecule is Cc1ccc(C=CCNC(=O)OCC2c3ccccc3-c3ccccc32)cc1C(F)(F)F. The zero-order chi connectivity index (χ0) is 22.7. The first-order valence-electron chi connectivity index (χ1n) is 10.3. The quantitative estimate of drug-likeness (QED) is 0.491. The summed E-state index contributed by atoms with van der Waals surface area (Å²) in [5.41, 5.74) is 4.48. The molecule has 32 heavy (non-hydrogen) atoms. The number of amides is 1. The van der Waals surface area contributed by atoms with Gasteiger partial charge in [-0.3, -0.25) is 0 Å². The Labute approximate surface area is 184 Å². The number of halogens is 3. The highest BCUT2D eigenvalue weighted by Crippen LogP contribution is 2.44. The number of rotatable bonds is 5. The summed E-state index contributed by atoms with van der Waals surface area (Å²) in [5.74, 6) is -0.0305. The van der Waals surface area contributed by atoms with Gasteiger partial charge in [-0.2, -0.15) is 13.2 Å². The van der Waals surface area contributed by atoms with E-state index in [-0.39, 0.29) is 24.6 Å². The van der Waals surface area contributed by atoms with E-state index in [0.717, 1.165) is 28.3 Å². The van der Waals surface area contributed by atoms with E-state index in [4.69, 9.17) is 4.74 Å². The van der Waals surface area contributed by atoms with Gasteiger partial charge in [0.1, 0.15) is 6.61 Å². The van der Waals surface area contributed by atoms with E-state index in [1.165, 1.54) is 13.0 Å². The van der Waals surface area contributed by atoms with Gasteiger partial charge in [-0.15, -0.1) is 0 Å². The fraction of sp³-hybridized carbons (Fsp3) is 0.192. The molecule has 0 unspecified atom stereocenters. The van der Waals surface area contributed by atoms with Crippen LogP contribution in [-0.4, -0.2) is 19.2 Å². The van der Waals surface area contributed by atoms with Gasteiger partial charge in [0.2, 0.25) is 0 Å². The van der Waals surface area contributed by atoms with Crippen molar-refractivity contribution in [2.24, 2.45) is 0 Å². The van der Waals surface area contributed by atoms with E-state index < -0.39 is 17.8 Å². The summed E-state index contributed by atoms with van der Waals surface area (Å²) in [7, 11) is 0. The number of hydrogen-bond donors (Lipinski definition) is 1. The number of ether oxygens (including phenoxy) is 1. The van der Waals surface area contributed by atoms with Crippen LogP contribution in [-0.2, 0) is 10.9 Å². The smallest absolute Gasteiger partial charge is 0.416 e. The predicted octanol–water partition coefficient (Wildman–Crippen LogP) is 6.57. The molecule has 3 aromatic rings. The number of carbonyl (C=O) groups excluding carboxylic acids is 1. The largest absolute Gasteiger partial charge is 0.449 e. The van der Waals surface area contributed by atoms with Crippen LogP contribution in [0.5, 0.6) is 0 Å². The summed E-state index contributed by atoms with van der Waals surface area (Å²) in [6.45, 7) is 1.78. The Balaban J connectivity index is 1.33. The molecule has 0 aliphatic heterocycles. The molecule has 1 aliphatic carbocycles. The molecule has 0 bridgehead atoms. The van der Waals surface area contributed by atoms with Gasteiger partial charge in [0, 0.05) is 12.5 Å². The zero-order valence-corrected chi connectivity index (χ0v) is 17.4. The maximum atomic E-state index is 13.0. The van der Waals surface area contributed by atoms with Gasteiger partial charge in [-0.25, -0.2) is 4.79 Å². The molecule has 3 aromatic carbocycles. The number of benzene rings is 3.